The van der Waals surface area contributed by atoms with E-state index in [-0.39, 0.29) is 23.6 Å². The third kappa shape index (κ3) is 25.7. The van der Waals surface area contributed by atoms with Crippen molar-refractivity contribution in [3.05, 3.63) is 0 Å². The molecular weight excluding hydrogens is 304 g/mol. The molecule has 0 saturated carbocycles. The minimum atomic E-state index is -0.238. The van der Waals surface area contributed by atoms with Crippen molar-refractivity contribution in [1.82, 2.24) is 0 Å². The number of rotatable bonds is 13. The van der Waals surface area contributed by atoms with Gasteiger partial charge in [-0.3, -0.25) is 4.79 Å². The molecule has 0 heterocycles. The molecule has 0 amide bonds. The molecule has 0 aromatic carbocycles. The molecule has 0 fully saturated rings. The zero-order valence-corrected chi connectivity index (χ0v) is 16.5. The van der Waals surface area contributed by atoms with Crippen LogP contribution in [0, 0.1) is 0 Å². The number of ketones is 2. The lowest BCUT2D eigenvalue weighted by Gasteiger charge is -2.16. The van der Waals surface area contributed by atoms with Crippen molar-refractivity contribution < 1.29 is 19.1 Å². The molecule has 0 aromatic rings. The van der Waals surface area contributed by atoms with Crippen LogP contribution in [0.5, 0.6) is 0 Å². The molecule has 1 unspecified atom stereocenters. The van der Waals surface area contributed by atoms with Gasteiger partial charge in [0, 0.05) is 13.3 Å². The second-order valence-corrected chi connectivity index (χ2v) is 6.64. The first-order chi connectivity index (χ1) is 11.3. The Hall–Kier alpha value is -1.19. The molecule has 0 radical (unpaired) electrons. The van der Waals surface area contributed by atoms with Crippen LogP contribution in [-0.2, 0) is 19.1 Å². The predicted molar refractivity (Wildman–Crippen MR) is 99.1 cm³/mol. The van der Waals surface area contributed by atoms with Crippen LogP contribution in [-0.4, -0.2) is 23.6 Å². The lowest BCUT2D eigenvalue weighted by Crippen LogP contribution is -2.17. The van der Waals surface area contributed by atoms with Gasteiger partial charge < -0.3 is 14.3 Å². The Labute approximate surface area is 148 Å². The maximum absolute atomic E-state index is 11.0. The van der Waals surface area contributed by atoms with Crippen LogP contribution in [0.3, 0.4) is 0 Å². The van der Waals surface area contributed by atoms with Gasteiger partial charge in [-0.15, -0.1) is 0 Å². The first kappa shape index (κ1) is 25.1. The van der Waals surface area contributed by atoms with E-state index in [1.54, 1.807) is 6.92 Å². The van der Waals surface area contributed by atoms with Crippen molar-refractivity contribution in [2.45, 2.75) is 111 Å². The fraction of sp³-hybridized carbons (Fsp3) is 0.850. The number of ether oxygens (including phenoxy) is 1. The van der Waals surface area contributed by atoms with E-state index in [2.05, 4.69) is 6.92 Å². The molecule has 1 atom stereocenters. The largest absolute Gasteiger partial charge is 0.463 e. The zero-order chi connectivity index (χ0) is 18.8. The van der Waals surface area contributed by atoms with E-state index in [4.69, 9.17) is 4.74 Å². The van der Waals surface area contributed by atoms with Gasteiger partial charge in [-0.1, -0.05) is 51.9 Å². The molecule has 0 rings (SSSR count). The summed E-state index contributed by atoms with van der Waals surface area (Å²) in [4.78, 5) is 31.5. The van der Waals surface area contributed by atoms with Crippen LogP contribution < -0.4 is 0 Å². The molecule has 4 heteroatoms. The smallest absolute Gasteiger partial charge is 0.302 e. The Morgan fingerprint density at radius 1 is 0.750 bits per heavy atom. The lowest BCUT2D eigenvalue weighted by molar-refractivity contribution is -0.147. The van der Waals surface area contributed by atoms with Crippen LogP contribution in [0.25, 0.3) is 0 Å². The van der Waals surface area contributed by atoms with Gasteiger partial charge in [-0.2, -0.15) is 0 Å². The molecule has 24 heavy (non-hydrogen) atoms. The summed E-state index contributed by atoms with van der Waals surface area (Å²) in [5, 5.41) is 0. The quantitative estimate of drug-likeness (QED) is 0.331. The summed E-state index contributed by atoms with van der Waals surface area (Å²) in [6.07, 6.45) is 12.2. The van der Waals surface area contributed by atoms with Crippen molar-refractivity contribution >= 4 is 17.5 Å². The van der Waals surface area contributed by atoms with Gasteiger partial charge in [-0.05, 0) is 40.0 Å². The van der Waals surface area contributed by atoms with Crippen LogP contribution in [0.4, 0.5) is 0 Å². The van der Waals surface area contributed by atoms with Crippen LogP contribution in [0.2, 0.25) is 0 Å². The highest BCUT2D eigenvalue weighted by Gasteiger charge is 2.12. The summed E-state index contributed by atoms with van der Waals surface area (Å²) in [6, 6.07) is 0. The molecule has 0 saturated heterocycles. The summed E-state index contributed by atoms with van der Waals surface area (Å²) in [6.45, 7) is 8.31. The lowest BCUT2D eigenvalue weighted by atomic mass is 10.0. The zero-order valence-electron chi connectivity index (χ0n) is 16.5. The monoisotopic (exact) mass is 342 g/mol. The number of hydrogen-bond acceptors (Lipinski definition) is 4. The molecule has 0 N–H and O–H groups in total. The Morgan fingerprint density at radius 2 is 1.21 bits per heavy atom. The van der Waals surface area contributed by atoms with E-state index in [1.807, 2.05) is 0 Å². The minimum Gasteiger partial charge on any atom is -0.463 e. The van der Waals surface area contributed by atoms with Crippen molar-refractivity contribution in [2.24, 2.45) is 0 Å². The first-order valence-electron chi connectivity index (χ1n) is 9.43. The van der Waals surface area contributed by atoms with Crippen molar-refractivity contribution in [3.63, 3.8) is 0 Å². The highest BCUT2D eigenvalue weighted by molar-refractivity contribution is 5.75. The van der Waals surface area contributed by atoms with E-state index < -0.39 is 0 Å². The van der Waals surface area contributed by atoms with Gasteiger partial charge in [-0.25, -0.2) is 0 Å². The summed E-state index contributed by atoms with van der Waals surface area (Å²) in [7, 11) is 0. The van der Waals surface area contributed by atoms with E-state index in [0.717, 1.165) is 12.8 Å². The highest BCUT2D eigenvalue weighted by atomic mass is 16.5. The number of Topliss-reactive ketones (excluding diaryl/α,β-unsaturated/α-hetero) is 2. The molecule has 0 aromatic heterocycles. The SMILES string of the molecule is CC(C)=O.CCCCCCCCCCC(CCC(C)=O)OC(C)=O. The maximum atomic E-state index is 11.0. The Kier molecular flexibility index (Phi) is 19.0. The standard InChI is InChI=1S/C17H32O3.C3H6O/c1-4-5-6-7-8-9-10-11-12-17(20-16(3)19)14-13-15(2)18;1-3(2)4/h17H,4-14H2,1-3H3;1-2H3. The average Bonchev–Trinajstić information content (AvgIpc) is 2.46. The summed E-state index contributed by atoms with van der Waals surface area (Å²) >= 11 is 0. The summed E-state index contributed by atoms with van der Waals surface area (Å²) < 4.78 is 5.27. The van der Waals surface area contributed by atoms with Gasteiger partial charge in [0.2, 0.25) is 0 Å². The fourth-order valence-electron chi connectivity index (χ4n) is 2.37. The van der Waals surface area contributed by atoms with Crippen molar-refractivity contribution in [3.8, 4) is 0 Å². The van der Waals surface area contributed by atoms with Gasteiger partial charge in [0.1, 0.15) is 17.7 Å². The van der Waals surface area contributed by atoms with E-state index in [9.17, 15) is 14.4 Å². The number of hydrogen-bond donors (Lipinski definition) is 0. The normalized spacial score (nSPS) is 11.2. The Bertz CT molecular complexity index is 333. The maximum Gasteiger partial charge on any atom is 0.302 e. The molecule has 142 valence electrons. The number of unbranched alkanes of at least 4 members (excludes halogenated alkanes) is 7. The predicted octanol–water partition coefficient (Wildman–Crippen LogP) is 5.41. The van der Waals surface area contributed by atoms with Gasteiger partial charge in [0.15, 0.2) is 0 Å². The molecule has 0 aliphatic rings. The molecule has 0 aliphatic heterocycles. The summed E-state index contributed by atoms with van der Waals surface area (Å²) in [5.41, 5.74) is 0. The van der Waals surface area contributed by atoms with Crippen LogP contribution >= 0.6 is 0 Å². The number of esters is 1. The minimum absolute atomic E-state index is 0.0727. The third-order valence-electron chi connectivity index (χ3n) is 3.53. The fourth-order valence-corrected chi connectivity index (χ4v) is 2.37. The average molecular weight is 343 g/mol. The Balaban J connectivity index is 0. The van der Waals surface area contributed by atoms with Gasteiger partial charge in [0.05, 0.1) is 0 Å². The van der Waals surface area contributed by atoms with Gasteiger partial charge >= 0.3 is 5.97 Å². The molecular formula is C20H38O4. The van der Waals surface area contributed by atoms with Crippen molar-refractivity contribution in [1.29, 1.82) is 0 Å². The highest BCUT2D eigenvalue weighted by Crippen LogP contribution is 2.15. The molecule has 0 bridgehead atoms. The van der Waals surface area contributed by atoms with Crippen LogP contribution in [0.15, 0.2) is 0 Å². The van der Waals surface area contributed by atoms with E-state index in [1.165, 1.54) is 65.7 Å². The van der Waals surface area contributed by atoms with E-state index >= 15 is 0 Å². The topological polar surface area (TPSA) is 60.4 Å². The Morgan fingerprint density at radius 3 is 1.62 bits per heavy atom. The molecule has 0 spiro atoms. The first-order valence-corrected chi connectivity index (χ1v) is 9.43. The van der Waals surface area contributed by atoms with Crippen LogP contribution in [0.1, 0.15) is 105 Å². The molecule has 0 aliphatic carbocycles. The second kappa shape index (κ2) is 18.2. The van der Waals surface area contributed by atoms with Gasteiger partial charge in [0.25, 0.3) is 0 Å². The number of carbonyl (C=O) groups excluding carboxylic acids is 3. The molecule has 4 nitrogen and oxygen atoms in total. The second-order valence-electron chi connectivity index (χ2n) is 6.64. The van der Waals surface area contributed by atoms with Crippen molar-refractivity contribution in [2.75, 3.05) is 0 Å². The summed E-state index contributed by atoms with van der Waals surface area (Å²) in [5.74, 6) is 0.0937. The number of carbonyl (C=O) groups is 3. The third-order valence-corrected chi connectivity index (χ3v) is 3.53. The van der Waals surface area contributed by atoms with E-state index in [0.29, 0.717) is 12.8 Å².